The van der Waals surface area contributed by atoms with Crippen LogP contribution in [-0.2, 0) is 0 Å². The summed E-state index contributed by atoms with van der Waals surface area (Å²) in [5.74, 6) is 0.942. The Hall–Kier alpha value is -3.48. The highest BCUT2D eigenvalue weighted by Crippen LogP contribution is 2.36. The number of rotatable bonds is 3. The monoisotopic (exact) mass is 321 g/mol. The molecule has 3 heterocycles. The van der Waals surface area contributed by atoms with Crippen LogP contribution in [0.4, 0.5) is 10.2 Å². The number of H-pyrrole nitrogens is 1. The number of benzene rings is 1. The van der Waals surface area contributed by atoms with E-state index in [9.17, 15) is 4.39 Å². The van der Waals surface area contributed by atoms with Gasteiger partial charge in [0.25, 0.3) is 0 Å². The van der Waals surface area contributed by atoms with Gasteiger partial charge in [0, 0.05) is 30.1 Å². The molecular weight excluding hydrogens is 309 g/mol. The number of anilines is 1. The van der Waals surface area contributed by atoms with Gasteiger partial charge in [0.05, 0.1) is 11.1 Å². The number of aromatic amines is 1. The zero-order valence-corrected chi connectivity index (χ0v) is 12.4. The molecule has 0 saturated heterocycles. The van der Waals surface area contributed by atoms with Crippen LogP contribution in [0.5, 0.6) is 11.5 Å². The second-order valence-electron chi connectivity index (χ2n) is 5.12. The predicted octanol–water partition coefficient (Wildman–Crippen LogP) is 3.53. The van der Waals surface area contributed by atoms with Gasteiger partial charge in [-0.05, 0) is 18.2 Å². The quantitative estimate of drug-likeness (QED) is 0.602. The summed E-state index contributed by atoms with van der Waals surface area (Å²) < 4.78 is 19.2. The number of ether oxygens (including phenoxy) is 1. The van der Waals surface area contributed by atoms with Gasteiger partial charge in [-0.1, -0.05) is 6.07 Å². The first-order chi connectivity index (χ1) is 11.7. The van der Waals surface area contributed by atoms with E-state index in [4.69, 9.17) is 10.5 Å². The molecule has 3 N–H and O–H groups in total. The van der Waals surface area contributed by atoms with Crippen LogP contribution < -0.4 is 10.5 Å². The molecule has 7 heteroatoms. The first kappa shape index (κ1) is 14.1. The normalized spacial score (nSPS) is 10.9. The van der Waals surface area contributed by atoms with Crippen molar-refractivity contribution in [1.82, 2.24) is 19.9 Å². The Labute approximate surface area is 136 Å². The van der Waals surface area contributed by atoms with E-state index in [1.54, 1.807) is 36.7 Å². The summed E-state index contributed by atoms with van der Waals surface area (Å²) in [5.41, 5.74) is 7.79. The van der Waals surface area contributed by atoms with E-state index in [1.807, 2.05) is 0 Å². The molecule has 0 aliphatic heterocycles. The van der Waals surface area contributed by atoms with Gasteiger partial charge < -0.3 is 15.5 Å². The average Bonchev–Trinajstić information content (AvgIpc) is 3.00. The molecule has 0 fully saturated rings. The Bertz CT molecular complexity index is 1030. The lowest BCUT2D eigenvalue weighted by atomic mass is 10.1. The molecule has 4 aromatic rings. The number of aromatic nitrogens is 4. The summed E-state index contributed by atoms with van der Waals surface area (Å²) in [6.45, 7) is 0. The number of fused-ring (bicyclic) bond motifs is 1. The topological polar surface area (TPSA) is 89.7 Å². The van der Waals surface area contributed by atoms with Crippen LogP contribution in [0.15, 0.2) is 55.1 Å². The van der Waals surface area contributed by atoms with E-state index in [2.05, 4.69) is 19.9 Å². The number of halogens is 1. The van der Waals surface area contributed by atoms with Crippen LogP contribution in [0, 0.1) is 5.82 Å². The smallest absolute Gasteiger partial charge is 0.141 e. The molecule has 1 aromatic carbocycles. The third-order valence-corrected chi connectivity index (χ3v) is 3.52. The fraction of sp³-hybridized carbons (Fsp3) is 0. The molecule has 4 rings (SSSR count). The van der Waals surface area contributed by atoms with Crippen LogP contribution in [0.1, 0.15) is 0 Å². The van der Waals surface area contributed by atoms with Gasteiger partial charge >= 0.3 is 0 Å². The molecule has 0 amide bonds. The van der Waals surface area contributed by atoms with Gasteiger partial charge in [0.15, 0.2) is 0 Å². The number of nitrogens with zero attached hydrogens (tertiary/aromatic N) is 3. The summed E-state index contributed by atoms with van der Waals surface area (Å²) >= 11 is 0. The van der Waals surface area contributed by atoms with E-state index in [0.717, 1.165) is 10.9 Å². The second kappa shape index (κ2) is 5.62. The first-order valence-corrected chi connectivity index (χ1v) is 7.18. The molecule has 0 spiro atoms. The van der Waals surface area contributed by atoms with Gasteiger partial charge in [0.2, 0.25) is 0 Å². The lowest BCUT2D eigenvalue weighted by molar-refractivity contribution is 0.482. The summed E-state index contributed by atoms with van der Waals surface area (Å²) in [5, 5.41) is 0.736. The largest absolute Gasteiger partial charge is 0.456 e. The van der Waals surface area contributed by atoms with Crippen molar-refractivity contribution in [1.29, 1.82) is 0 Å². The molecule has 24 heavy (non-hydrogen) atoms. The molecule has 0 unspecified atom stereocenters. The van der Waals surface area contributed by atoms with E-state index in [1.165, 1.54) is 18.5 Å². The molecule has 0 aliphatic carbocycles. The minimum atomic E-state index is -0.365. The minimum Gasteiger partial charge on any atom is -0.456 e. The molecule has 0 atom stereocenters. The Balaban J connectivity index is 1.86. The lowest BCUT2D eigenvalue weighted by Gasteiger charge is -2.08. The first-order valence-electron chi connectivity index (χ1n) is 7.18. The van der Waals surface area contributed by atoms with E-state index in [0.29, 0.717) is 28.7 Å². The Morgan fingerprint density at radius 2 is 2.00 bits per heavy atom. The van der Waals surface area contributed by atoms with Crippen molar-refractivity contribution < 1.29 is 9.13 Å². The van der Waals surface area contributed by atoms with Gasteiger partial charge in [-0.25, -0.2) is 19.3 Å². The highest BCUT2D eigenvalue weighted by molar-refractivity contribution is 5.97. The summed E-state index contributed by atoms with van der Waals surface area (Å²) in [4.78, 5) is 15.5. The van der Waals surface area contributed by atoms with E-state index < -0.39 is 0 Å². The summed E-state index contributed by atoms with van der Waals surface area (Å²) in [6.07, 6.45) is 4.79. The zero-order valence-electron chi connectivity index (χ0n) is 12.4. The fourth-order valence-electron chi connectivity index (χ4n) is 2.49. The number of hydrogen-bond donors (Lipinski definition) is 2. The number of hydrogen-bond acceptors (Lipinski definition) is 5. The van der Waals surface area contributed by atoms with Crippen LogP contribution in [0.3, 0.4) is 0 Å². The summed E-state index contributed by atoms with van der Waals surface area (Å²) in [6, 6.07) is 9.34. The summed E-state index contributed by atoms with van der Waals surface area (Å²) in [7, 11) is 0. The van der Waals surface area contributed by atoms with Crippen molar-refractivity contribution in [3.8, 4) is 22.8 Å². The van der Waals surface area contributed by atoms with Crippen molar-refractivity contribution >= 4 is 16.9 Å². The molecule has 0 bridgehead atoms. The number of nitrogen functional groups attached to an aromatic ring is 1. The van der Waals surface area contributed by atoms with Crippen molar-refractivity contribution in [2.45, 2.75) is 0 Å². The van der Waals surface area contributed by atoms with Gasteiger partial charge in [-0.3, -0.25) is 0 Å². The maximum absolute atomic E-state index is 13.4. The number of pyridine rings is 1. The Morgan fingerprint density at radius 3 is 2.83 bits per heavy atom. The van der Waals surface area contributed by atoms with Crippen LogP contribution >= 0.6 is 0 Å². The van der Waals surface area contributed by atoms with E-state index >= 15 is 0 Å². The predicted molar refractivity (Wildman–Crippen MR) is 88.0 cm³/mol. The maximum Gasteiger partial charge on any atom is 0.141 e. The molecule has 118 valence electrons. The third-order valence-electron chi connectivity index (χ3n) is 3.52. The van der Waals surface area contributed by atoms with Gasteiger partial charge in [0.1, 0.15) is 35.1 Å². The van der Waals surface area contributed by atoms with Crippen LogP contribution in [-0.4, -0.2) is 19.9 Å². The van der Waals surface area contributed by atoms with Gasteiger partial charge in [-0.15, -0.1) is 0 Å². The van der Waals surface area contributed by atoms with E-state index in [-0.39, 0.29) is 5.82 Å². The zero-order chi connectivity index (χ0) is 16.5. The van der Waals surface area contributed by atoms with Crippen molar-refractivity contribution in [3.63, 3.8) is 0 Å². The molecule has 0 saturated carbocycles. The molecule has 6 nitrogen and oxygen atoms in total. The average molecular weight is 321 g/mol. The van der Waals surface area contributed by atoms with Crippen molar-refractivity contribution in [2.24, 2.45) is 0 Å². The molecule has 0 radical (unpaired) electrons. The Kier molecular flexibility index (Phi) is 3.31. The van der Waals surface area contributed by atoms with Crippen molar-refractivity contribution in [2.75, 3.05) is 5.73 Å². The van der Waals surface area contributed by atoms with Crippen LogP contribution in [0.2, 0.25) is 0 Å². The van der Waals surface area contributed by atoms with Crippen molar-refractivity contribution in [3.05, 3.63) is 60.9 Å². The minimum absolute atomic E-state index is 0.365. The van der Waals surface area contributed by atoms with Crippen LogP contribution in [0.25, 0.3) is 22.3 Å². The molecule has 3 aromatic heterocycles. The number of nitrogens with one attached hydrogen (secondary N) is 1. The lowest BCUT2D eigenvalue weighted by Crippen LogP contribution is -1.93. The molecule has 0 aliphatic rings. The third kappa shape index (κ3) is 2.52. The Morgan fingerprint density at radius 1 is 1.08 bits per heavy atom. The SMILES string of the molecule is Nc1cc(-c2c[nH]c3nccc(Oc4cccc(F)c4)c23)ncn1. The standard InChI is InChI=1S/C17H12FN5O/c18-10-2-1-3-11(6-10)24-14-4-5-20-17-16(14)12(8-21-17)13-7-15(19)23-9-22-13/h1-9H,(H,20,21)(H2,19,22,23). The maximum atomic E-state index is 13.4. The molecular formula is C17H12FN5O. The van der Waals surface area contributed by atoms with Gasteiger partial charge in [-0.2, -0.15) is 0 Å². The highest BCUT2D eigenvalue weighted by atomic mass is 19.1. The number of nitrogens with two attached hydrogens (primary N) is 1. The highest BCUT2D eigenvalue weighted by Gasteiger charge is 2.14. The fourth-order valence-corrected chi connectivity index (χ4v) is 2.49. The second-order valence-corrected chi connectivity index (χ2v) is 5.12.